The molecule has 0 saturated carbocycles. The van der Waals surface area contributed by atoms with Gasteiger partial charge in [0.25, 0.3) is 0 Å². The zero-order chi connectivity index (χ0) is 24.3. The first kappa shape index (κ1) is 24.3. The highest BCUT2D eigenvalue weighted by Gasteiger charge is 2.15. The van der Waals surface area contributed by atoms with E-state index in [4.69, 9.17) is 14.2 Å². The number of methoxy groups -OCH3 is 1. The highest BCUT2D eigenvalue weighted by atomic mass is 16.5. The molecule has 8 heteroatoms. The van der Waals surface area contributed by atoms with E-state index in [2.05, 4.69) is 15.8 Å². The van der Waals surface area contributed by atoms with E-state index >= 15 is 0 Å². The first-order chi connectivity index (χ1) is 16.5. The van der Waals surface area contributed by atoms with Crippen LogP contribution in [0.15, 0.2) is 71.8 Å². The molecule has 0 atom stereocenters. The lowest BCUT2D eigenvalue weighted by Gasteiger charge is -2.13. The van der Waals surface area contributed by atoms with Gasteiger partial charge in [-0.15, -0.1) is 0 Å². The van der Waals surface area contributed by atoms with E-state index in [1.54, 1.807) is 42.5 Å². The summed E-state index contributed by atoms with van der Waals surface area (Å²) in [5.41, 5.74) is 5.50. The third-order valence-electron chi connectivity index (χ3n) is 4.85. The summed E-state index contributed by atoms with van der Waals surface area (Å²) in [7, 11) is 1.48. The minimum Gasteiger partial charge on any atom is -0.495 e. The Morgan fingerprint density at radius 3 is 2.44 bits per heavy atom. The highest BCUT2D eigenvalue weighted by Crippen LogP contribution is 2.29. The summed E-state index contributed by atoms with van der Waals surface area (Å²) in [4.78, 5) is 24.2. The third kappa shape index (κ3) is 6.59. The van der Waals surface area contributed by atoms with Crippen molar-refractivity contribution in [3.05, 3.63) is 83.4 Å². The average Bonchev–Trinajstić information content (AvgIpc) is 2.85. The van der Waals surface area contributed by atoms with E-state index in [0.29, 0.717) is 41.7 Å². The van der Waals surface area contributed by atoms with Crippen molar-refractivity contribution in [3.8, 4) is 17.2 Å². The molecule has 0 saturated heterocycles. The molecule has 2 amide bonds. The summed E-state index contributed by atoms with van der Waals surface area (Å²) in [6.45, 7) is 4.79. The van der Waals surface area contributed by atoms with Gasteiger partial charge in [0.1, 0.15) is 12.4 Å². The molecule has 0 aliphatic rings. The van der Waals surface area contributed by atoms with Crippen LogP contribution in [0.5, 0.6) is 17.2 Å². The average molecular weight is 462 g/mol. The van der Waals surface area contributed by atoms with Crippen LogP contribution in [0.4, 0.5) is 5.69 Å². The second-order valence-electron chi connectivity index (χ2n) is 7.21. The van der Waals surface area contributed by atoms with E-state index in [9.17, 15) is 9.59 Å². The zero-order valence-corrected chi connectivity index (χ0v) is 19.3. The molecule has 34 heavy (non-hydrogen) atoms. The molecular formula is C26H27N3O5. The monoisotopic (exact) mass is 461 g/mol. The van der Waals surface area contributed by atoms with Crippen molar-refractivity contribution in [2.75, 3.05) is 19.0 Å². The molecule has 3 aromatic carbocycles. The Kier molecular flexibility index (Phi) is 8.62. The lowest BCUT2D eigenvalue weighted by Crippen LogP contribution is -2.32. The zero-order valence-electron chi connectivity index (χ0n) is 19.3. The number of rotatable bonds is 9. The van der Waals surface area contributed by atoms with Crippen molar-refractivity contribution in [1.29, 1.82) is 0 Å². The molecule has 3 rings (SSSR count). The van der Waals surface area contributed by atoms with Crippen molar-refractivity contribution in [1.82, 2.24) is 5.43 Å². The number of aryl methyl sites for hydroxylation is 1. The van der Waals surface area contributed by atoms with Gasteiger partial charge in [-0.05, 0) is 60.9 Å². The van der Waals surface area contributed by atoms with E-state index in [1.165, 1.54) is 13.3 Å². The molecule has 0 bridgehead atoms. The third-order valence-corrected chi connectivity index (χ3v) is 4.85. The number of hydrogen-bond acceptors (Lipinski definition) is 6. The van der Waals surface area contributed by atoms with E-state index in [0.717, 1.165) is 11.1 Å². The highest BCUT2D eigenvalue weighted by molar-refractivity contribution is 6.39. The Labute approximate surface area is 198 Å². The van der Waals surface area contributed by atoms with Crippen LogP contribution in [0.1, 0.15) is 23.6 Å². The van der Waals surface area contributed by atoms with Crippen molar-refractivity contribution in [2.45, 2.75) is 20.5 Å². The van der Waals surface area contributed by atoms with Gasteiger partial charge in [-0.1, -0.05) is 36.4 Å². The molecule has 0 fully saturated rings. The minimum atomic E-state index is -0.912. The number of nitrogens with zero attached hydrogens (tertiary/aromatic N) is 1. The topological polar surface area (TPSA) is 98.2 Å². The number of para-hydroxylation sites is 2. The molecule has 0 aromatic heterocycles. The number of carbonyl (C=O) groups excluding carboxylic acids is 2. The molecule has 3 aromatic rings. The molecule has 0 aliphatic carbocycles. The van der Waals surface area contributed by atoms with Gasteiger partial charge in [0.15, 0.2) is 11.5 Å². The number of hydrogen-bond donors (Lipinski definition) is 2. The van der Waals surface area contributed by atoms with Crippen molar-refractivity contribution in [3.63, 3.8) is 0 Å². The fourth-order valence-corrected chi connectivity index (χ4v) is 3.06. The molecule has 0 heterocycles. The Morgan fingerprint density at radius 2 is 1.68 bits per heavy atom. The van der Waals surface area contributed by atoms with Crippen LogP contribution in [0.3, 0.4) is 0 Å². The second-order valence-corrected chi connectivity index (χ2v) is 7.21. The Balaban J connectivity index is 1.61. The molecule has 2 N–H and O–H groups in total. The van der Waals surface area contributed by atoms with E-state index < -0.39 is 11.8 Å². The van der Waals surface area contributed by atoms with Crippen molar-refractivity contribution < 1.29 is 23.8 Å². The Bertz CT molecular complexity index is 1180. The number of nitrogens with one attached hydrogen (secondary N) is 2. The van der Waals surface area contributed by atoms with Gasteiger partial charge in [0.05, 0.1) is 25.6 Å². The molecular weight excluding hydrogens is 434 g/mol. The van der Waals surface area contributed by atoms with Gasteiger partial charge < -0.3 is 19.5 Å². The number of hydrazone groups is 1. The van der Waals surface area contributed by atoms with Gasteiger partial charge in [0, 0.05) is 0 Å². The van der Waals surface area contributed by atoms with Crippen LogP contribution in [0, 0.1) is 6.92 Å². The normalized spacial score (nSPS) is 10.6. The number of carbonyl (C=O) groups is 2. The maximum atomic E-state index is 12.1. The van der Waals surface area contributed by atoms with Gasteiger partial charge in [-0.3, -0.25) is 9.59 Å². The van der Waals surface area contributed by atoms with Crippen LogP contribution in [-0.2, 0) is 16.2 Å². The Morgan fingerprint density at radius 1 is 0.912 bits per heavy atom. The Hall–Kier alpha value is -4.33. The number of ether oxygens (including phenoxy) is 3. The van der Waals surface area contributed by atoms with Gasteiger partial charge >= 0.3 is 11.8 Å². The molecule has 0 unspecified atom stereocenters. The molecule has 0 spiro atoms. The van der Waals surface area contributed by atoms with E-state index in [-0.39, 0.29) is 0 Å². The fourth-order valence-electron chi connectivity index (χ4n) is 3.06. The van der Waals surface area contributed by atoms with Crippen LogP contribution < -0.4 is 25.0 Å². The quantitative estimate of drug-likeness (QED) is 0.284. The molecule has 0 radical (unpaired) electrons. The summed E-state index contributed by atoms with van der Waals surface area (Å²) in [6.07, 6.45) is 1.42. The predicted molar refractivity (Wildman–Crippen MR) is 130 cm³/mol. The van der Waals surface area contributed by atoms with Crippen molar-refractivity contribution in [2.24, 2.45) is 5.10 Å². The number of amides is 2. The van der Waals surface area contributed by atoms with Gasteiger partial charge in [0.2, 0.25) is 0 Å². The first-order valence-electron chi connectivity index (χ1n) is 10.7. The number of benzene rings is 3. The van der Waals surface area contributed by atoms with E-state index in [1.807, 2.05) is 38.1 Å². The predicted octanol–water partition coefficient (Wildman–Crippen LogP) is 4.07. The SMILES string of the molecule is CCOc1cc(C=NNC(=O)C(=O)Nc2ccccc2OC)ccc1OCc1ccccc1C. The molecule has 8 nitrogen and oxygen atoms in total. The maximum Gasteiger partial charge on any atom is 0.329 e. The number of anilines is 1. The van der Waals surface area contributed by atoms with Crippen molar-refractivity contribution >= 4 is 23.7 Å². The second kappa shape index (κ2) is 12.1. The summed E-state index contributed by atoms with van der Waals surface area (Å²) in [5.74, 6) is -0.176. The minimum absolute atomic E-state index is 0.386. The summed E-state index contributed by atoms with van der Waals surface area (Å²) in [5, 5.41) is 6.36. The molecule has 176 valence electrons. The summed E-state index contributed by atoms with van der Waals surface area (Å²) in [6, 6.07) is 20.1. The fraction of sp³-hybridized carbons (Fsp3) is 0.192. The van der Waals surface area contributed by atoms with Gasteiger partial charge in [-0.2, -0.15) is 5.10 Å². The van der Waals surface area contributed by atoms with Crippen LogP contribution >= 0.6 is 0 Å². The van der Waals surface area contributed by atoms with Crippen LogP contribution in [0.25, 0.3) is 0 Å². The summed E-state index contributed by atoms with van der Waals surface area (Å²) >= 11 is 0. The lowest BCUT2D eigenvalue weighted by molar-refractivity contribution is -0.136. The first-order valence-corrected chi connectivity index (χ1v) is 10.7. The standard InChI is InChI=1S/C26H27N3O5/c1-4-33-24-15-19(13-14-23(24)34-17-20-10-6-5-9-18(20)2)16-27-29-26(31)25(30)28-21-11-7-8-12-22(21)32-3/h5-16H,4,17H2,1-3H3,(H,28,30)(H,29,31). The lowest BCUT2D eigenvalue weighted by atomic mass is 10.1. The van der Waals surface area contributed by atoms with Gasteiger partial charge in [-0.25, -0.2) is 5.43 Å². The smallest absolute Gasteiger partial charge is 0.329 e. The van der Waals surface area contributed by atoms with Crippen LogP contribution in [0.2, 0.25) is 0 Å². The summed E-state index contributed by atoms with van der Waals surface area (Å²) < 4.78 is 16.8. The van der Waals surface area contributed by atoms with Crippen LogP contribution in [-0.4, -0.2) is 31.7 Å². The molecule has 0 aliphatic heterocycles. The maximum absolute atomic E-state index is 12.1. The largest absolute Gasteiger partial charge is 0.495 e.